The molecule has 0 aliphatic carbocycles. The van der Waals surface area contributed by atoms with Gasteiger partial charge in [0.05, 0.1) is 10.6 Å². The van der Waals surface area contributed by atoms with Gasteiger partial charge in [0.1, 0.15) is 0 Å². The number of aromatic nitrogens is 2. The largest absolute Gasteiger partial charge is 0.338 e. The second-order valence-electron chi connectivity index (χ2n) is 5.21. The molecule has 0 unspecified atom stereocenters. The van der Waals surface area contributed by atoms with Crippen LogP contribution < -0.4 is 0 Å². The van der Waals surface area contributed by atoms with Gasteiger partial charge in [-0.15, -0.1) is 21.5 Å². The summed E-state index contributed by atoms with van der Waals surface area (Å²) in [5.41, 5.74) is 0. The molecule has 0 aromatic carbocycles. The molecule has 0 saturated carbocycles. The first-order chi connectivity index (χ1) is 12.2. The number of nitrogens with zero attached hydrogens (tertiary/aromatic N) is 4. The van der Waals surface area contributed by atoms with Crippen LogP contribution in [0.3, 0.4) is 0 Å². The van der Waals surface area contributed by atoms with Gasteiger partial charge < -0.3 is 9.80 Å². The average Bonchev–Trinajstić information content (AvgIpc) is 3.31. The summed E-state index contributed by atoms with van der Waals surface area (Å²) in [6.45, 7) is 4.42. The molecule has 2 aromatic heterocycles. The summed E-state index contributed by atoms with van der Waals surface area (Å²) in [5.74, 6) is 1.48. The Balaban J connectivity index is 1.44. The van der Waals surface area contributed by atoms with Gasteiger partial charge in [-0.2, -0.15) is 0 Å². The van der Waals surface area contributed by atoms with Gasteiger partial charge in [0.15, 0.2) is 8.68 Å². The van der Waals surface area contributed by atoms with Crippen LogP contribution in [0.2, 0.25) is 0 Å². The Morgan fingerprint density at radius 1 is 1.12 bits per heavy atom. The van der Waals surface area contributed by atoms with Gasteiger partial charge in [-0.05, 0) is 17.2 Å². The zero-order valence-electron chi connectivity index (χ0n) is 13.7. The maximum absolute atomic E-state index is 12.4. The van der Waals surface area contributed by atoms with Gasteiger partial charge in [0.25, 0.3) is 5.91 Å². The highest BCUT2D eigenvalue weighted by molar-refractivity contribution is 8.03. The minimum atomic E-state index is 0.0614. The van der Waals surface area contributed by atoms with E-state index in [-0.39, 0.29) is 11.8 Å². The predicted molar refractivity (Wildman–Crippen MR) is 104 cm³/mol. The van der Waals surface area contributed by atoms with Crippen molar-refractivity contribution < 1.29 is 9.59 Å². The molecule has 0 radical (unpaired) electrons. The lowest BCUT2D eigenvalue weighted by Gasteiger charge is -2.34. The molecule has 0 N–H and O–H groups in total. The number of hydrogen-bond acceptors (Lipinski definition) is 8. The van der Waals surface area contributed by atoms with Crippen molar-refractivity contribution in [2.45, 2.75) is 15.6 Å². The first-order valence-corrected chi connectivity index (χ1v) is 11.5. The molecule has 6 nitrogen and oxygen atoms in total. The van der Waals surface area contributed by atoms with E-state index in [4.69, 9.17) is 0 Å². The average molecular weight is 415 g/mol. The van der Waals surface area contributed by atoms with Crippen LogP contribution in [0.15, 0.2) is 26.2 Å². The zero-order valence-corrected chi connectivity index (χ0v) is 17.0. The molecule has 2 aromatic rings. The Hall–Kier alpha value is -1.10. The monoisotopic (exact) mass is 414 g/mol. The highest BCUT2D eigenvalue weighted by Crippen LogP contribution is 2.28. The van der Waals surface area contributed by atoms with E-state index in [9.17, 15) is 9.59 Å². The molecule has 1 aliphatic heterocycles. The number of hydrogen-bond donors (Lipinski definition) is 0. The number of piperazine rings is 1. The summed E-state index contributed by atoms with van der Waals surface area (Å²) in [6.07, 6.45) is 0. The molecule has 134 valence electrons. The standard InChI is InChI=1S/C15H18N4O2S4/c1-2-22-14-16-17-15(25-14)24-10-12(20)18-5-7-19(8-6-18)13(21)11-4-3-9-23-11/h3-4,9H,2,5-8,10H2,1H3. The van der Waals surface area contributed by atoms with Crippen molar-refractivity contribution in [3.05, 3.63) is 22.4 Å². The van der Waals surface area contributed by atoms with E-state index >= 15 is 0 Å². The minimum absolute atomic E-state index is 0.0614. The van der Waals surface area contributed by atoms with Gasteiger partial charge in [0, 0.05) is 26.2 Å². The molecule has 3 rings (SSSR count). The van der Waals surface area contributed by atoms with Crippen molar-refractivity contribution in [2.75, 3.05) is 37.7 Å². The number of amides is 2. The SMILES string of the molecule is CCSc1nnc(SCC(=O)N2CCN(C(=O)c3cccs3)CC2)s1. The van der Waals surface area contributed by atoms with Gasteiger partial charge in [-0.25, -0.2) is 0 Å². The van der Waals surface area contributed by atoms with Crippen LogP contribution in [0.25, 0.3) is 0 Å². The first-order valence-electron chi connectivity index (χ1n) is 7.87. The lowest BCUT2D eigenvalue weighted by molar-refractivity contribution is -0.129. The van der Waals surface area contributed by atoms with Crippen molar-refractivity contribution in [2.24, 2.45) is 0 Å². The summed E-state index contributed by atoms with van der Waals surface area (Å²) in [4.78, 5) is 29.1. The molecule has 2 amide bonds. The first kappa shape index (κ1) is 18.7. The van der Waals surface area contributed by atoms with Crippen molar-refractivity contribution in [1.82, 2.24) is 20.0 Å². The lowest BCUT2D eigenvalue weighted by atomic mass is 10.3. The third kappa shape index (κ3) is 4.96. The van der Waals surface area contributed by atoms with Crippen LogP contribution in [0, 0.1) is 0 Å². The second kappa shape index (κ2) is 9.02. The number of rotatable bonds is 6. The van der Waals surface area contributed by atoms with Crippen LogP contribution in [-0.4, -0.2) is 69.5 Å². The van der Waals surface area contributed by atoms with Gasteiger partial charge in [0.2, 0.25) is 5.91 Å². The van der Waals surface area contributed by atoms with E-state index in [2.05, 4.69) is 17.1 Å². The van der Waals surface area contributed by atoms with Crippen LogP contribution in [0.4, 0.5) is 0 Å². The quantitative estimate of drug-likeness (QED) is 0.677. The summed E-state index contributed by atoms with van der Waals surface area (Å²) in [5, 5.41) is 10.1. The molecule has 3 heterocycles. The summed E-state index contributed by atoms with van der Waals surface area (Å²) in [7, 11) is 0. The van der Waals surface area contributed by atoms with Crippen LogP contribution >= 0.6 is 46.2 Å². The second-order valence-corrected chi connectivity index (χ2v) is 9.86. The smallest absolute Gasteiger partial charge is 0.264 e. The molecular weight excluding hydrogens is 396 g/mol. The predicted octanol–water partition coefficient (Wildman–Crippen LogP) is 2.79. The molecule has 10 heteroatoms. The van der Waals surface area contributed by atoms with E-state index in [0.717, 1.165) is 19.3 Å². The van der Waals surface area contributed by atoms with Crippen molar-refractivity contribution in [1.29, 1.82) is 0 Å². The lowest BCUT2D eigenvalue weighted by Crippen LogP contribution is -2.50. The number of carbonyl (C=O) groups is 2. The molecule has 0 bridgehead atoms. The Bertz CT molecular complexity index is 711. The van der Waals surface area contributed by atoms with Crippen LogP contribution in [0.5, 0.6) is 0 Å². The highest BCUT2D eigenvalue weighted by atomic mass is 32.2. The Labute approximate surface area is 163 Å². The number of thioether (sulfide) groups is 2. The van der Waals surface area contributed by atoms with Crippen molar-refractivity contribution >= 4 is 58.0 Å². The third-order valence-electron chi connectivity index (χ3n) is 3.63. The third-order valence-corrected chi connectivity index (χ3v) is 7.54. The van der Waals surface area contributed by atoms with Crippen LogP contribution in [0.1, 0.15) is 16.6 Å². The van der Waals surface area contributed by atoms with E-state index in [0.29, 0.717) is 31.9 Å². The molecule has 1 aliphatic rings. The van der Waals surface area contributed by atoms with Crippen LogP contribution in [-0.2, 0) is 4.79 Å². The molecule has 1 fully saturated rings. The normalized spacial score (nSPS) is 14.8. The van der Waals surface area contributed by atoms with Gasteiger partial charge in [-0.3, -0.25) is 9.59 Å². The van der Waals surface area contributed by atoms with Crippen molar-refractivity contribution in [3.63, 3.8) is 0 Å². The maximum atomic E-state index is 12.4. The molecule has 0 atom stereocenters. The number of carbonyl (C=O) groups excluding carboxylic acids is 2. The molecule has 1 saturated heterocycles. The topological polar surface area (TPSA) is 66.4 Å². The summed E-state index contributed by atoms with van der Waals surface area (Å²) >= 11 is 6.08. The van der Waals surface area contributed by atoms with E-state index in [1.807, 2.05) is 27.3 Å². The Morgan fingerprint density at radius 3 is 2.44 bits per heavy atom. The summed E-state index contributed by atoms with van der Waals surface area (Å²) in [6, 6.07) is 3.72. The molecule has 0 spiro atoms. The molecular formula is C15H18N4O2S4. The van der Waals surface area contributed by atoms with Gasteiger partial charge in [-0.1, -0.05) is 47.9 Å². The van der Waals surface area contributed by atoms with Crippen molar-refractivity contribution in [3.8, 4) is 0 Å². The maximum Gasteiger partial charge on any atom is 0.264 e. The minimum Gasteiger partial charge on any atom is -0.338 e. The van der Waals surface area contributed by atoms with E-state index < -0.39 is 0 Å². The van der Waals surface area contributed by atoms with E-state index in [1.54, 1.807) is 11.8 Å². The Morgan fingerprint density at radius 2 is 1.80 bits per heavy atom. The highest BCUT2D eigenvalue weighted by Gasteiger charge is 2.25. The zero-order chi connectivity index (χ0) is 17.6. The fourth-order valence-electron chi connectivity index (χ4n) is 2.37. The fraction of sp³-hybridized carbons (Fsp3) is 0.467. The molecule has 25 heavy (non-hydrogen) atoms. The van der Waals surface area contributed by atoms with Gasteiger partial charge >= 0.3 is 0 Å². The number of thiophene rings is 1. The van der Waals surface area contributed by atoms with E-state index in [1.165, 1.54) is 34.4 Å². The summed E-state index contributed by atoms with van der Waals surface area (Å²) < 4.78 is 1.77. The fourth-order valence-corrected chi connectivity index (χ4v) is 5.88. The Kier molecular flexibility index (Phi) is 6.74.